The molecule has 0 bridgehead atoms. The van der Waals surface area contributed by atoms with Gasteiger partial charge in [0.25, 0.3) is 0 Å². The first kappa shape index (κ1) is 12.2. The van der Waals surface area contributed by atoms with Gasteiger partial charge < -0.3 is 5.32 Å². The number of nitrogens with one attached hydrogen (secondary N) is 1. The van der Waals surface area contributed by atoms with Gasteiger partial charge in [-0.3, -0.25) is 4.68 Å². The normalized spacial score (nSPS) is 14.1. The predicted molar refractivity (Wildman–Crippen MR) is 58.5 cm³/mol. The molecule has 0 aliphatic rings. The molecule has 0 saturated carbocycles. The van der Waals surface area contributed by atoms with E-state index in [0.717, 1.165) is 13.0 Å². The highest BCUT2D eigenvalue weighted by atomic mass is 32.2. The van der Waals surface area contributed by atoms with Crippen molar-refractivity contribution in [2.75, 3.05) is 13.3 Å². The summed E-state index contributed by atoms with van der Waals surface area (Å²) in [6.45, 7) is 2.79. The maximum Gasteiger partial charge on any atom is 0.178 e. The zero-order chi connectivity index (χ0) is 11.5. The molecule has 0 fully saturated rings. The molecule has 15 heavy (non-hydrogen) atoms. The van der Waals surface area contributed by atoms with Crippen molar-refractivity contribution < 1.29 is 8.42 Å². The zero-order valence-corrected chi connectivity index (χ0v) is 10.1. The number of sulfone groups is 1. The predicted octanol–water partition coefficient (Wildman–Crippen LogP) is 0.285. The minimum Gasteiger partial charge on any atom is -0.317 e. The van der Waals surface area contributed by atoms with Crippen LogP contribution in [0, 0.1) is 0 Å². The van der Waals surface area contributed by atoms with Crippen molar-refractivity contribution in [1.29, 1.82) is 0 Å². The van der Waals surface area contributed by atoms with E-state index in [-0.39, 0.29) is 4.90 Å². The first-order chi connectivity index (χ1) is 6.93. The molecule has 1 rings (SSSR count). The van der Waals surface area contributed by atoms with Gasteiger partial charge in [-0.1, -0.05) is 0 Å². The summed E-state index contributed by atoms with van der Waals surface area (Å²) in [5.41, 5.74) is 0. The maximum absolute atomic E-state index is 11.2. The Hall–Kier alpha value is -0.880. The van der Waals surface area contributed by atoms with Gasteiger partial charge in [0.2, 0.25) is 0 Å². The topological polar surface area (TPSA) is 64.0 Å². The fourth-order valence-electron chi connectivity index (χ4n) is 1.13. The highest BCUT2D eigenvalue weighted by Crippen LogP contribution is 2.06. The van der Waals surface area contributed by atoms with E-state index in [9.17, 15) is 8.42 Å². The molecule has 0 spiro atoms. The summed E-state index contributed by atoms with van der Waals surface area (Å²) in [5.74, 6) is 0. The van der Waals surface area contributed by atoms with Crippen LogP contribution in [0.15, 0.2) is 17.3 Å². The van der Waals surface area contributed by atoms with Gasteiger partial charge in [-0.25, -0.2) is 8.42 Å². The molecular formula is C9H17N3O2S. The molecule has 86 valence electrons. The van der Waals surface area contributed by atoms with Crippen LogP contribution in [-0.2, 0) is 16.4 Å². The van der Waals surface area contributed by atoms with E-state index in [0.29, 0.717) is 6.04 Å². The molecule has 0 aromatic carbocycles. The molecule has 0 amide bonds. The van der Waals surface area contributed by atoms with Crippen LogP contribution in [0.4, 0.5) is 0 Å². The number of aryl methyl sites for hydroxylation is 1. The number of aromatic nitrogens is 2. The third kappa shape index (κ3) is 3.64. The van der Waals surface area contributed by atoms with Gasteiger partial charge in [0, 0.05) is 25.0 Å². The monoisotopic (exact) mass is 231 g/mol. The molecule has 6 heteroatoms. The van der Waals surface area contributed by atoms with Crippen LogP contribution in [0.1, 0.15) is 13.3 Å². The van der Waals surface area contributed by atoms with Crippen LogP contribution in [0.3, 0.4) is 0 Å². The summed E-state index contributed by atoms with van der Waals surface area (Å²) in [6, 6.07) is 0.399. The van der Waals surface area contributed by atoms with E-state index in [1.165, 1.54) is 12.5 Å². The number of hydrogen-bond donors (Lipinski definition) is 1. The quantitative estimate of drug-likeness (QED) is 0.791. The fraction of sp³-hybridized carbons (Fsp3) is 0.667. The Labute approximate surface area is 90.4 Å². The van der Waals surface area contributed by atoms with Gasteiger partial charge in [0.05, 0.1) is 6.20 Å². The van der Waals surface area contributed by atoms with Gasteiger partial charge >= 0.3 is 0 Å². The lowest BCUT2D eigenvalue weighted by Gasteiger charge is -2.08. The average Bonchev–Trinajstić information content (AvgIpc) is 2.61. The van der Waals surface area contributed by atoms with E-state index in [4.69, 9.17) is 0 Å². The molecule has 1 aromatic rings. The second-order valence-corrected chi connectivity index (χ2v) is 5.71. The van der Waals surface area contributed by atoms with Crippen molar-refractivity contribution in [3.8, 4) is 0 Å². The third-order valence-corrected chi connectivity index (χ3v) is 3.39. The Balaban J connectivity index is 2.62. The molecule has 1 heterocycles. The fourth-order valence-corrected chi connectivity index (χ4v) is 1.68. The van der Waals surface area contributed by atoms with Crippen molar-refractivity contribution in [2.24, 2.45) is 0 Å². The second-order valence-electron chi connectivity index (χ2n) is 3.69. The maximum atomic E-state index is 11.2. The summed E-state index contributed by atoms with van der Waals surface area (Å²) < 4.78 is 24.0. The van der Waals surface area contributed by atoms with E-state index < -0.39 is 9.84 Å². The van der Waals surface area contributed by atoms with Gasteiger partial charge in [-0.15, -0.1) is 0 Å². The first-order valence-corrected chi connectivity index (χ1v) is 6.72. The smallest absolute Gasteiger partial charge is 0.178 e. The average molecular weight is 231 g/mol. The van der Waals surface area contributed by atoms with Crippen LogP contribution < -0.4 is 5.32 Å². The van der Waals surface area contributed by atoms with E-state index >= 15 is 0 Å². The second kappa shape index (κ2) is 4.76. The van der Waals surface area contributed by atoms with E-state index in [2.05, 4.69) is 17.3 Å². The minimum absolute atomic E-state index is 0.277. The lowest BCUT2D eigenvalue weighted by Crippen LogP contribution is -2.22. The van der Waals surface area contributed by atoms with Crippen LogP contribution in [-0.4, -0.2) is 37.5 Å². The molecule has 1 unspecified atom stereocenters. The molecule has 1 N–H and O–H groups in total. The Bertz CT molecular complexity index is 411. The van der Waals surface area contributed by atoms with Crippen molar-refractivity contribution in [2.45, 2.75) is 30.8 Å². The van der Waals surface area contributed by atoms with Crippen molar-refractivity contribution >= 4 is 9.84 Å². The summed E-state index contributed by atoms with van der Waals surface area (Å²) in [7, 11) is -1.23. The van der Waals surface area contributed by atoms with Crippen LogP contribution in [0.2, 0.25) is 0 Å². The first-order valence-electron chi connectivity index (χ1n) is 4.83. The number of nitrogens with zero attached hydrogens (tertiary/aromatic N) is 2. The number of rotatable bonds is 5. The van der Waals surface area contributed by atoms with Gasteiger partial charge in [-0.05, 0) is 20.4 Å². The lowest BCUT2D eigenvalue weighted by molar-refractivity contribution is 0.485. The standard InChI is InChI=1S/C9H17N3O2S/c1-8(10-2)4-5-12-7-9(6-11-12)15(3,13)14/h6-8,10H,4-5H2,1-3H3. The van der Waals surface area contributed by atoms with Crippen LogP contribution in [0.25, 0.3) is 0 Å². The summed E-state index contributed by atoms with van der Waals surface area (Å²) in [4.78, 5) is 0.277. The van der Waals surface area contributed by atoms with Crippen molar-refractivity contribution in [1.82, 2.24) is 15.1 Å². The van der Waals surface area contributed by atoms with Crippen molar-refractivity contribution in [3.63, 3.8) is 0 Å². The number of hydrogen-bond acceptors (Lipinski definition) is 4. The van der Waals surface area contributed by atoms with Gasteiger partial charge in [-0.2, -0.15) is 5.10 Å². The Morgan fingerprint density at radius 1 is 1.60 bits per heavy atom. The molecular weight excluding hydrogens is 214 g/mol. The van der Waals surface area contributed by atoms with Gasteiger partial charge in [0.15, 0.2) is 9.84 Å². The minimum atomic E-state index is -3.13. The molecule has 5 nitrogen and oxygen atoms in total. The Morgan fingerprint density at radius 3 is 2.73 bits per heavy atom. The SMILES string of the molecule is CNC(C)CCn1cc(S(C)(=O)=O)cn1. The van der Waals surface area contributed by atoms with E-state index in [1.807, 2.05) is 7.05 Å². The lowest BCUT2D eigenvalue weighted by atomic mass is 10.2. The molecule has 0 aliphatic carbocycles. The molecule has 1 aromatic heterocycles. The molecule has 0 saturated heterocycles. The highest BCUT2D eigenvalue weighted by molar-refractivity contribution is 7.90. The largest absolute Gasteiger partial charge is 0.317 e. The zero-order valence-electron chi connectivity index (χ0n) is 9.27. The summed E-state index contributed by atoms with van der Waals surface area (Å²) >= 11 is 0. The summed E-state index contributed by atoms with van der Waals surface area (Å²) in [5, 5.41) is 7.11. The Kier molecular flexibility index (Phi) is 3.87. The van der Waals surface area contributed by atoms with Crippen molar-refractivity contribution in [3.05, 3.63) is 12.4 Å². The van der Waals surface area contributed by atoms with Crippen LogP contribution in [0.5, 0.6) is 0 Å². The third-order valence-electron chi connectivity index (χ3n) is 2.32. The molecule has 1 atom stereocenters. The molecule has 0 aliphatic heterocycles. The van der Waals surface area contributed by atoms with Gasteiger partial charge in [0.1, 0.15) is 4.90 Å². The Morgan fingerprint density at radius 2 is 2.27 bits per heavy atom. The molecule has 0 radical (unpaired) electrons. The van der Waals surface area contributed by atoms with E-state index in [1.54, 1.807) is 10.9 Å². The van der Waals surface area contributed by atoms with Crippen LogP contribution >= 0.6 is 0 Å². The summed E-state index contributed by atoms with van der Waals surface area (Å²) in [6.07, 6.45) is 5.06. The highest BCUT2D eigenvalue weighted by Gasteiger charge is 2.09.